The Morgan fingerprint density at radius 2 is 1.65 bits per heavy atom. The van der Waals surface area contributed by atoms with Gasteiger partial charge in [-0.2, -0.15) is 0 Å². The standard InChI is InChI=1S/C20H17N2O4/c1-25-16-9-10-17(18(12-16)26-2)20(24)22-21-19(23)15-8-7-13-5-3-4-6-14(13)11-15/h3-12H,1-2H3,(H,22,24). The van der Waals surface area contributed by atoms with Crippen molar-refractivity contribution >= 4 is 22.6 Å². The Morgan fingerprint density at radius 1 is 0.885 bits per heavy atom. The number of nitrogens with zero attached hydrogens (tertiary/aromatic N) is 1. The van der Waals surface area contributed by atoms with Crippen LogP contribution in [0.15, 0.2) is 60.7 Å². The van der Waals surface area contributed by atoms with E-state index >= 15 is 0 Å². The van der Waals surface area contributed by atoms with E-state index in [0.717, 1.165) is 10.8 Å². The number of methoxy groups -OCH3 is 2. The quantitative estimate of drug-likeness (QED) is 0.735. The fourth-order valence-corrected chi connectivity index (χ4v) is 2.53. The van der Waals surface area contributed by atoms with Crippen LogP contribution in [0.1, 0.15) is 20.7 Å². The van der Waals surface area contributed by atoms with Gasteiger partial charge in [-0.05, 0) is 35.0 Å². The van der Waals surface area contributed by atoms with Crippen molar-refractivity contribution in [2.75, 3.05) is 14.2 Å². The van der Waals surface area contributed by atoms with E-state index in [1.165, 1.54) is 14.2 Å². The lowest BCUT2D eigenvalue weighted by Gasteiger charge is -2.10. The van der Waals surface area contributed by atoms with Gasteiger partial charge in [0.1, 0.15) is 11.5 Å². The molecule has 0 saturated heterocycles. The molecule has 0 spiro atoms. The van der Waals surface area contributed by atoms with Crippen LogP contribution < -0.4 is 20.3 Å². The SMILES string of the molecule is COc1ccc(C(=O)N[N]C(=O)c2ccc3ccccc3c2)c(OC)c1. The zero-order chi connectivity index (χ0) is 18.5. The Labute approximate surface area is 150 Å². The van der Waals surface area contributed by atoms with Crippen molar-refractivity contribution in [2.45, 2.75) is 0 Å². The lowest BCUT2D eigenvalue weighted by Crippen LogP contribution is -2.35. The van der Waals surface area contributed by atoms with Gasteiger partial charge >= 0.3 is 0 Å². The molecule has 6 nitrogen and oxygen atoms in total. The number of rotatable bonds is 4. The van der Waals surface area contributed by atoms with E-state index in [1.54, 1.807) is 30.3 Å². The van der Waals surface area contributed by atoms with Gasteiger partial charge in [0.05, 0.1) is 19.8 Å². The Balaban J connectivity index is 1.71. The molecule has 0 unspecified atom stereocenters. The molecule has 0 bridgehead atoms. The number of hydrogen-bond donors (Lipinski definition) is 1. The number of amides is 2. The lowest BCUT2D eigenvalue weighted by atomic mass is 10.1. The smallest absolute Gasteiger partial charge is 0.293 e. The molecule has 0 heterocycles. The third-order valence-corrected chi connectivity index (χ3v) is 3.91. The van der Waals surface area contributed by atoms with Crippen molar-refractivity contribution in [1.82, 2.24) is 10.9 Å². The number of carbonyl (C=O) groups is 2. The number of nitrogens with one attached hydrogen (secondary N) is 1. The second-order valence-corrected chi connectivity index (χ2v) is 5.49. The second-order valence-electron chi connectivity index (χ2n) is 5.49. The van der Waals surface area contributed by atoms with Gasteiger partial charge in [0.2, 0.25) is 0 Å². The predicted molar refractivity (Wildman–Crippen MR) is 97.4 cm³/mol. The normalized spacial score (nSPS) is 10.2. The Morgan fingerprint density at radius 3 is 2.38 bits per heavy atom. The van der Waals surface area contributed by atoms with Crippen molar-refractivity contribution in [1.29, 1.82) is 0 Å². The maximum Gasteiger partial charge on any atom is 0.293 e. The van der Waals surface area contributed by atoms with Crippen LogP contribution in [-0.2, 0) is 0 Å². The molecule has 3 rings (SSSR count). The first-order valence-electron chi connectivity index (χ1n) is 7.88. The highest BCUT2D eigenvalue weighted by Gasteiger charge is 2.16. The Kier molecular flexibility index (Phi) is 5.03. The van der Waals surface area contributed by atoms with Gasteiger partial charge in [0.15, 0.2) is 0 Å². The van der Waals surface area contributed by atoms with Crippen LogP contribution in [0.3, 0.4) is 0 Å². The first-order valence-corrected chi connectivity index (χ1v) is 7.88. The molecule has 6 heteroatoms. The molecule has 131 valence electrons. The summed E-state index contributed by atoms with van der Waals surface area (Å²) in [7, 11) is 2.97. The van der Waals surface area contributed by atoms with Crippen LogP contribution in [0.25, 0.3) is 10.8 Å². The van der Waals surface area contributed by atoms with Crippen LogP contribution in [0, 0.1) is 0 Å². The largest absolute Gasteiger partial charge is 0.497 e. The minimum atomic E-state index is -0.543. The highest BCUT2D eigenvalue weighted by atomic mass is 16.5. The third-order valence-electron chi connectivity index (χ3n) is 3.91. The van der Waals surface area contributed by atoms with Crippen molar-refractivity contribution in [3.63, 3.8) is 0 Å². The van der Waals surface area contributed by atoms with Crippen LogP contribution in [0.4, 0.5) is 0 Å². The van der Waals surface area contributed by atoms with E-state index in [2.05, 4.69) is 10.9 Å². The van der Waals surface area contributed by atoms with E-state index in [-0.39, 0.29) is 5.56 Å². The number of ether oxygens (including phenoxy) is 2. The zero-order valence-corrected chi connectivity index (χ0v) is 14.4. The van der Waals surface area contributed by atoms with Crippen molar-refractivity contribution in [2.24, 2.45) is 0 Å². The van der Waals surface area contributed by atoms with Gasteiger partial charge in [-0.15, -0.1) is 5.43 Å². The summed E-state index contributed by atoms with van der Waals surface area (Å²) in [6.07, 6.45) is 0. The lowest BCUT2D eigenvalue weighted by molar-refractivity contribution is 0.0839. The monoisotopic (exact) mass is 349 g/mol. The molecule has 0 fully saturated rings. The van der Waals surface area contributed by atoms with E-state index in [4.69, 9.17) is 9.47 Å². The summed E-state index contributed by atoms with van der Waals surface area (Å²) in [5, 5.41) is 1.95. The van der Waals surface area contributed by atoms with Crippen molar-refractivity contribution in [3.05, 3.63) is 71.8 Å². The first kappa shape index (κ1) is 17.3. The molecular formula is C20H17N2O4. The first-order chi connectivity index (χ1) is 12.6. The molecule has 0 atom stereocenters. The molecule has 26 heavy (non-hydrogen) atoms. The van der Waals surface area contributed by atoms with Gasteiger partial charge in [-0.25, -0.2) is 5.43 Å². The summed E-state index contributed by atoms with van der Waals surface area (Å²) in [4.78, 5) is 24.5. The third kappa shape index (κ3) is 3.59. The highest BCUT2D eigenvalue weighted by molar-refractivity contribution is 6.02. The number of benzene rings is 3. The molecular weight excluding hydrogens is 332 g/mol. The van der Waals surface area contributed by atoms with Gasteiger partial charge in [0.25, 0.3) is 11.8 Å². The molecule has 0 aliphatic rings. The highest BCUT2D eigenvalue weighted by Crippen LogP contribution is 2.24. The molecule has 2 amide bonds. The number of carbonyl (C=O) groups excluding carboxylic acids is 2. The molecule has 3 aromatic carbocycles. The minimum absolute atomic E-state index is 0.253. The van der Waals surface area contributed by atoms with E-state index in [0.29, 0.717) is 17.1 Å². The number of hydrogen-bond acceptors (Lipinski definition) is 4. The molecule has 0 saturated carbocycles. The van der Waals surface area contributed by atoms with Crippen LogP contribution in [-0.4, -0.2) is 26.0 Å². The Hall–Kier alpha value is -3.54. The van der Waals surface area contributed by atoms with Gasteiger partial charge in [-0.3, -0.25) is 9.59 Å². The molecule has 0 aliphatic carbocycles. The average molecular weight is 349 g/mol. The maximum atomic E-state index is 12.3. The van der Waals surface area contributed by atoms with Gasteiger partial charge < -0.3 is 9.47 Å². The average Bonchev–Trinajstić information content (AvgIpc) is 2.70. The van der Waals surface area contributed by atoms with E-state index < -0.39 is 11.8 Å². The fourth-order valence-electron chi connectivity index (χ4n) is 2.53. The van der Waals surface area contributed by atoms with Gasteiger partial charge in [0, 0.05) is 11.6 Å². The van der Waals surface area contributed by atoms with Crippen LogP contribution in [0.5, 0.6) is 11.5 Å². The molecule has 3 aromatic rings. The van der Waals surface area contributed by atoms with E-state index in [9.17, 15) is 9.59 Å². The van der Waals surface area contributed by atoms with Crippen molar-refractivity contribution in [3.8, 4) is 11.5 Å². The summed E-state index contributed by atoms with van der Waals surface area (Å²) in [6, 6.07) is 17.7. The van der Waals surface area contributed by atoms with Crippen LogP contribution in [0.2, 0.25) is 0 Å². The molecule has 0 aromatic heterocycles. The van der Waals surface area contributed by atoms with Gasteiger partial charge in [-0.1, -0.05) is 30.3 Å². The number of fused-ring (bicyclic) bond motifs is 1. The van der Waals surface area contributed by atoms with Crippen molar-refractivity contribution < 1.29 is 19.1 Å². The maximum absolute atomic E-state index is 12.3. The topological polar surface area (TPSA) is 78.7 Å². The van der Waals surface area contributed by atoms with E-state index in [1.807, 2.05) is 30.3 Å². The predicted octanol–water partition coefficient (Wildman–Crippen LogP) is 2.95. The molecule has 0 aliphatic heterocycles. The zero-order valence-electron chi connectivity index (χ0n) is 14.4. The summed E-state index contributed by atoms with van der Waals surface area (Å²) >= 11 is 0. The van der Waals surface area contributed by atoms with Crippen LogP contribution >= 0.6 is 0 Å². The summed E-state index contributed by atoms with van der Waals surface area (Å²) in [5.74, 6) is -0.187. The molecule has 1 N–H and O–H groups in total. The fraction of sp³-hybridized carbons (Fsp3) is 0.100. The summed E-state index contributed by atoms with van der Waals surface area (Å²) in [5.41, 5.74) is 6.59. The summed E-state index contributed by atoms with van der Waals surface area (Å²) in [6.45, 7) is 0. The minimum Gasteiger partial charge on any atom is -0.497 e. The Bertz CT molecular complexity index is 969. The molecule has 1 radical (unpaired) electrons. The second kappa shape index (κ2) is 7.57. The summed E-state index contributed by atoms with van der Waals surface area (Å²) < 4.78 is 10.3.